The molecule has 2 aliphatic rings. The number of amides is 2. The fourth-order valence-corrected chi connectivity index (χ4v) is 5.41. The number of rotatable bonds is 5. The Hall–Kier alpha value is -1.93. The van der Waals surface area contributed by atoms with Gasteiger partial charge < -0.3 is 10.2 Å². The first kappa shape index (κ1) is 20.8. The molecular weight excluding hydrogens is 378 g/mol. The third-order valence-corrected chi connectivity index (χ3v) is 7.47. The summed E-state index contributed by atoms with van der Waals surface area (Å²) in [4.78, 5) is 25.7. The highest BCUT2D eigenvalue weighted by Crippen LogP contribution is 2.27. The van der Waals surface area contributed by atoms with Crippen molar-refractivity contribution >= 4 is 27.5 Å². The van der Waals surface area contributed by atoms with Crippen LogP contribution in [0.2, 0.25) is 0 Å². The van der Waals surface area contributed by atoms with Crippen LogP contribution in [0.5, 0.6) is 0 Å². The van der Waals surface area contributed by atoms with Crippen molar-refractivity contribution in [2.45, 2.75) is 50.3 Å². The van der Waals surface area contributed by atoms with Crippen LogP contribution < -0.4 is 5.32 Å². The summed E-state index contributed by atoms with van der Waals surface area (Å²) in [5.41, 5.74) is 0.571. The van der Waals surface area contributed by atoms with Crippen LogP contribution in [0.25, 0.3) is 0 Å². The van der Waals surface area contributed by atoms with E-state index in [0.717, 1.165) is 25.9 Å². The average molecular weight is 408 g/mol. The first-order valence-electron chi connectivity index (χ1n) is 10.0. The van der Waals surface area contributed by atoms with Crippen molar-refractivity contribution in [1.29, 1.82) is 0 Å². The quantitative estimate of drug-likeness (QED) is 0.812. The predicted octanol–water partition coefficient (Wildman–Crippen LogP) is 2.45. The van der Waals surface area contributed by atoms with E-state index < -0.39 is 10.0 Å². The molecule has 154 valence electrons. The van der Waals surface area contributed by atoms with Crippen LogP contribution in [0.4, 0.5) is 5.69 Å². The van der Waals surface area contributed by atoms with Gasteiger partial charge in [0, 0.05) is 45.2 Å². The van der Waals surface area contributed by atoms with Crippen molar-refractivity contribution in [2.75, 3.05) is 31.5 Å². The second-order valence-electron chi connectivity index (χ2n) is 7.70. The van der Waals surface area contributed by atoms with Crippen LogP contribution in [-0.2, 0) is 19.6 Å². The van der Waals surface area contributed by atoms with E-state index in [1.165, 1.54) is 29.8 Å². The number of likely N-dealkylation sites (tertiary alicyclic amines) is 1. The zero-order valence-electron chi connectivity index (χ0n) is 16.4. The summed E-state index contributed by atoms with van der Waals surface area (Å²) in [6.45, 7) is 4.01. The molecule has 2 fully saturated rings. The highest BCUT2D eigenvalue weighted by atomic mass is 32.2. The van der Waals surface area contributed by atoms with E-state index in [0.29, 0.717) is 38.0 Å². The Labute approximate surface area is 167 Å². The van der Waals surface area contributed by atoms with Crippen molar-refractivity contribution in [3.05, 3.63) is 24.3 Å². The normalized spacial score (nSPS) is 19.4. The third-order valence-electron chi connectivity index (χ3n) is 5.56. The van der Waals surface area contributed by atoms with Crippen molar-refractivity contribution in [3.8, 4) is 0 Å². The lowest BCUT2D eigenvalue weighted by Crippen LogP contribution is -2.41. The van der Waals surface area contributed by atoms with Gasteiger partial charge in [-0.2, -0.15) is 4.31 Å². The molecule has 0 radical (unpaired) electrons. The molecule has 0 spiro atoms. The van der Waals surface area contributed by atoms with Gasteiger partial charge in [0.25, 0.3) is 0 Å². The van der Waals surface area contributed by atoms with Gasteiger partial charge in [-0.25, -0.2) is 8.42 Å². The van der Waals surface area contributed by atoms with Crippen LogP contribution >= 0.6 is 0 Å². The third kappa shape index (κ3) is 5.11. The molecule has 1 aromatic rings. The molecule has 1 N–H and O–H groups in total. The molecule has 0 unspecified atom stereocenters. The van der Waals surface area contributed by atoms with Gasteiger partial charge >= 0.3 is 0 Å². The Morgan fingerprint density at radius 3 is 2.18 bits per heavy atom. The summed E-state index contributed by atoms with van der Waals surface area (Å²) in [5.74, 6) is 0.273. The van der Waals surface area contributed by atoms with Crippen molar-refractivity contribution in [1.82, 2.24) is 9.21 Å². The van der Waals surface area contributed by atoms with E-state index in [2.05, 4.69) is 5.32 Å². The Morgan fingerprint density at radius 2 is 1.61 bits per heavy atom. The van der Waals surface area contributed by atoms with Gasteiger partial charge in [-0.1, -0.05) is 0 Å². The minimum absolute atomic E-state index is 0.197. The Bertz CT molecular complexity index is 793. The maximum absolute atomic E-state index is 12.9. The fraction of sp³-hybridized carbons (Fsp3) is 0.600. The molecule has 7 nitrogen and oxygen atoms in total. The molecule has 2 amide bonds. The Morgan fingerprint density at radius 1 is 1.00 bits per heavy atom. The van der Waals surface area contributed by atoms with Gasteiger partial charge in [-0.15, -0.1) is 0 Å². The van der Waals surface area contributed by atoms with Crippen LogP contribution in [0, 0.1) is 5.92 Å². The summed E-state index contributed by atoms with van der Waals surface area (Å²) < 4.78 is 27.2. The molecule has 3 rings (SSSR count). The largest absolute Gasteiger partial charge is 0.343 e. The summed E-state index contributed by atoms with van der Waals surface area (Å²) in [5, 5.41) is 2.63. The van der Waals surface area contributed by atoms with Gasteiger partial charge in [0.05, 0.1) is 4.90 Å². The number of benzene rings is 1. The number of sulfonamides is 1. The van der Waals surface area contributed by atoms with Crippen LogP contribution in [0.3, 0.4) is 0 Å². The van der Waals surface area contributed by atoms with E-state index in [1.54, 1.807) is 12.1 Å². The van der Waals surface area contributed by atoms with E-state index in [1.807, 2.05) is 4.90 Å². The highest BCUT2D eigenvalue weighted by molar-refractivity contribution is 7.89. The first-order valence-corrected chi connectivity index (χ1v) is 11.5. The molecule has 2 saturated heterocycles. The number of carbonyl (C=O) groups is 2. The molecule has 0 bridgehead atoms. The number of nitrogens with one attached hydrogen (secondary N) is 1. The molecule has 1 aromatic carbocycles. The minimum Gasteiger partial charge on any atom is -0.343 e. The summed E-state index contributed by atoms with van der Waals surface area (Å²) in [6, 6.07) is 6.23. The van der Waals surface area contributed by atoms with E-state index in [-0.39, 0.29) is 22.6 Å². The van der Waals surface area contributed by atoms with Gasteiger partial charge in [0.1, 0.15) is 0 Å². The Kier molecular flexibility index (Phi) is 6.72. The number of piperidine rings is 2. The fourth-order valence-electron chi connectivity index (χ4n) is 3.94. The molecule has 0 aromatic heterocycles. The topological polar surface area (TPSA) is 86.8 Å². The summed E-state index contributed by atoms with van der Waals surface area (Å²) in [6.07, 6.45) is 5.32. The van der Waals surface area contributed by atoms with Gasteiger partial charge in [0.2, 0.25) is 21.8 Å². The lowest BCUT2D eigenvalue weighted by Gasteiger charge is -2.33. The maximum atomic E-state index is 12.9. The predicted molar refractivity (Wildman–Crippen MR) is 107 cm³/mol. The number of hydrogen-bond donors (Lipinski definition) is 1. The summed E-state index contributed by atoms with van der Waals surface area (Å²) in [7, 11) is -3.55. The monoisotopic (exact) mass is 407 g/mol. The van der Waals surface area contributed by atoms with Gasteiger partial charge in [-0.05, 0) is 62.3 Å². The molecule has 0 aliphatic carbocycles. The molecule has 8 heteroatoms. The minimum atomic E-state index is -3.55. The zero-order valence-corrected chi connectivity index (χ0v) is 17.2. The van der Waals surface area contributed by atoms with Gasteiger partial charge in [-0.3, -0.25) is 9.59 Å². The lowest BCUT2D eigenvalue weighted by atomic mass is 9.93. The number of anilines is 1. The van der Waals surface area contributed by atoms with Crippen molar-refractivity contribution in [2.24, 2.45) is 5.92 Å². The molecule has 0 atom stereocenters. The standard InChI is InChI=1S/C20H29N3O4S/c1-16(24)21-18-5-7-19(8-6-18)28(26,27)23-13-9-17(10-14-23)15-20(25)22-11-3-2-4-12-22/h5-8,17H,2-4,9-15H2,1H3,(H,21,24). The first-order chi connectivity index (χ1) is 13.4. The summed E-state index contributed by atoms with van der Waals surface area (Å²) >= 11 is 0. The second-order valence-corrected chi connectivity index (χ2v) is 9.64. The highest BCUT2D eigenvalue weighted by Gasteiger charge is 2.31. The molecule has 0 saturated carbocycles. The van der Waals surface area contributed by atoms with Crippen LogP contribution in [0.1, 0.15) is 45.4 Å². The van der Waals surface area contributed by atoms with E-state index in [9.17, 15) is 18.0 Å². The average Bonchev–Trinajstić information content (AvgIpc) is 2.69. The number of carbonyl (C=O) groups excluding carboxylic acids is 2. The van der Waals surface area contributed by atoms with Crippen LogP contribution in [0.15, 0.2) is 29.2 Å². The molecular formula is C20H29N3O4S. The lowest BCUT2D eigenvalue weighted by molar-refractivity contribution is -0.133. The Balaban J connectivity index is 1.54. The number of hydrogen-bond acceptors (Lipinski definition) is 4. The molecule has 2 heterocycles. The SMILES string of the molecule is CC(=O)Nc1ccc(S(=O)(=O)N2CCC(CC(=O)N3CCCCC3)CC2)cc1. The van der Waals surface area contributed by atoms with Gasteiger partial charge in [0.15, 0.2) is 0 Å². The molecule has 28 heavy (non-hydrogen) atoms. The smallest absolute Gasteiger partial charge is 0.243 e. The maximum Gasteiger partial charge on any atom is 0.243 e. The van der Waals surface area contributed by atoms with Crippen molar-refractivity contribution in [3.63, 3.8) is 0 Å². The second kappa shape index (κ2) is 9.05. The van der Waals surface area contributed by atoms with E-state index in [4.69, 9.17) is 0 Å². The van der Waals surface area contributed by atoms with E-state index >= 15 is 0 Å². The van der Waals surface area contributed by atoms with Crippen molar-refractivity contribution < 1.29 is 18.0 Å². The van der Waals surface area contributed by atoms with Crippen LogP contribution in [-0.4, -0.2) is 55.6 Å². The number of nitrogens with zero attached hydrogens (tertiary/aromatic N) is 2. The molecule has 2 aliphatic heterocycles. The zero-order chi connectivity index (χ0) is 20.1.